The van der Waals surface area contributed by atoms with E-state index in [9.17, 15) is 9.90 Å². The molecular formula is C27H33FN4O4. The molecule has 2 aliphatic rings. The molecule has 3 aromatic rings. The van der Waals surface area contributed by atoms with Crippen LogP contribution in [0, 0.1) is 19.7 Å². The van der Waals surface area contributed by atoms with E-state index in [1.54, 1.807) is 11.4 Å². The number of benzene rings is 1. The zero-order chi connectivity index (χ0) is 25.8. The lowest BCUT2D eigenvalue weighted by Gasteiger charge is -2.28. The van der Waals surface area contributed by atoms with Crippen molar-refractivity contribution >= 4 is 17.4 Å². The Hall–Kier alpha value is -3.20. The van der Waals surface area contributed by atoms with Crippen molar-refractivity contribution in [3.8, 4) is 17.0 Å². The van der Waals surface area contributed by atoms with Crippen LogP contribution >= 0.6 is 0 Å². The van der Waals surface area contributed by atoms with Gasteiger partial charge in [-0.3, -0.25) is 0 Å². The second kappa shape index (κ2) is 9.03. The molecule has 1 saturated heterocycles. The molecule has 2 aromatic heterocycles. The van der Waals surface area contributed by atoms with Gasteiger partial charge >= 0.3 is 5.97 Å². The second-order valence-corrected chi connectivity index (χ2v) is 10.7. The number of nitrogens with zero attached hydrogens (tertiary/aromatic N) is 4. The topological polar surface area (TPSA) is 89.2 Å². The molecule has 0 radical (unpaired) electrons. The number of carboxylic acids is 1. The van der Waals surface area contributed by atoms with Gasteiger partial charge in [-0.1, -0.05) is 0 Å². The molecule has 192 valence electrons. The summed E-state index contributed by atoms with van der Waals surface area (Å²) in [5.74, 6) is -0.540. The number of halogens is 1. The molecule has 0 bridgehead atoms. The number of aromatic nitrogens is 3. The van der Waals surface area contributed by atoms with Crippen LogP contribution in [0.25, 0.3) is 16.9 Å². The van der Waals surface area contributed by atoms with Gasteiger partial charge in [-0.05, 0) is 71.9 Å². The molecule has 2 aliphatic heterocycles. The maximum Gasteiger partial charge on any atom is 0.337 e. The maximum atomic E-state index is 15.4. The van der Waals surface area contributed by atoms with Crippen LogP contribution in [0.4, 0.5) is 10.2 Å². The van der Waals surface area contributed by atoms with Gasteiger partial charge in [0.05, 0.1) is 17.9 Å². The van der Waals surface area contributed by atoms with E-state index in [-0.39, 0.29) is 5.75 Å². The number of rotatable bonds is 5. The van der Waals surface area contributed by atoms with Gasteiger partial charge in [-0.15, -0.1) is 5.10 Å². The van der Waals surface area contributed by atoms with Crippen LogP contribution in [0.2, 0.25) is 0 Å². The first-order chi connectivity index (χ1) is 17.0. The summed E-state index contributed by atoms with van der Waals surface area (Å²) in [6.45, 7) is 11.4. The Morgan fingerprint density at radius 1 is 1.19 bits per heavy atom. The van der Waals surface area contributed by atoms with E-state index >= 15 is 4.39 Å². The standard InChI is InChI=1S/C27H33FN4O4/c1-15-17-9-8-12-35-24(17)19(28)13-18(15)23-22(25(26(33)34)36-27(3,4)5)16(2)29-20-14-21(30-32(20)23)31-10-6-7-11-31/h13-14,25H,6-12H2,1-5H3,(H,33,34)/t25-/m0/s1. The van der Waals surface area contributed by atoms with Crippen LogP contribution < -0.4 is 9.64 Å². The second-order valence-electron chi connectivity index (χ2n) is 10.7. The zero-order valence-corrected chi connectivity index (χ0v) is 21.5. The van der Waals surface area contributed by atoms with E-state index in [0.717, 1.165) is 49.3 Å². The normalized spacial score (nSPS) is 16.8. The van der Waals surface area contributed by atoms with Crippen LogP contribution in [0.1, 0.15) is 68.5 Å². The Bertz CT molecular complexity index is 1340. The summed E-state index contributed by atoms with van der Waals surface area (Å²) >= 11 is 0. The van der Waals surface area contributed by atoms with Gasteiger partial charge in [0.15, 0.2) is 29.1 Å². The summed E-state index contributed by atoms with van der Waals surface area (Å²) in [6.07, 6.45) is 2.35. The van der Waals surface area contributed by atoms with Crippen LogP contribution in [0.5, 0.6) is 5.75 Å². The quantitative estimate of drug-likeness (QED) is 0.531. The first kappa shape index (κ1) is 24.5. The number of fused-ring (bicyclic) bond motifs is 2. The van der Waals surface area contributed by atoms with Crippen LogP contribution in [-0.2, 0) is 16.0 Å². The minimum atomic E-state index is -1.31. The Labute approximate surface area is 210 Å². The lowest BCUT2D eigenvalue weighted by atomic mass is 9.91. The lowest BCUT2D eigenvalue weighted by Crippen LogP contribution is -2.29. The van der Waals surface area contributed by atoms with E-state index < -0.39 is 23.5 Å². The molecule has 1 fully saturated rings. The highest BCUT2D eigenvalue weighted by Crippen LogP contribution is 2.42. The van der Waals surface area contributed by atoms with Gasteiger partial charge in [0.1, 0.15) is 0 Å². The Morgan fingerprint density at radius 2 is 1.92 bits per heavy atom. The first-order valence-electron chi connectivity index (χ1n) is 12.6. The Morgan fingerprint density at radius 3 is 2.58 bits per heavy atom. The van der Waals surface area contributed by atoms with Crippen molar-refractivity contribution in [2.75, 3.05) is 24.6 Å². The molecule has 0 amide bonds. The number of carboxylic acid groups (broad SMARTS) is 1. The molecule has 5 rings (SSSR count). The van der Waals surface area contributed by atoms with E-state index in [1.807, 2.05) is 33.8 Å². The SMILES string of the molecule is Cc1nc2cc(N3CCCC3)nn2c(-c2cc(F)c3c(c2C)CCCO3)c1[C@H](OC(C)(C)C)C(=O)O. The molecule has 9 heteroatoms. The lowest BCUT2D eigenvalue weighted by molar-refractivity contribution is -0.160. The molecule has 0 saturated carbocycles. The highest BCUT2D eigenvalue weighted by atomic mass is 19.1. The van der Waals surface area contributed by atoms with E-state index in [1.165, 1.54) is 6.07 Å². The molecule has 1 N–H and O–H groups in total. The van der Waals surface area contributed by atoms with E-state index in [0.29, 0.717) is 41.2 Å². The third-order valence-corrected chi connectivity index (χ3v) is 6.90. The molecule has 36 heavy (non-hydrogen) atoms. The largest absolute Gasteiger partial charge is 0.490 e. The summed E-state index contributed by atoms with van der Waals surface area (Å²) in [4.78, 5) is 19.5. The molecule has 1 aromatic carbocycles. The highest BCUT2D eigenvalue weighted by Gasteiger charge is 2.35. The summed E-state index contributed by atoms with van der Waals surface area (Å²) in [5.41, 5.74) is 3.44. The molecule has 0 unspecified atom stereocenters. The monoisotopic (exact) mass is 496 g/mol. The third kappa shape index (κ3) is 4.30. The van der Waals surface area contributed by atoms with Gasteiger partial charge in [-0.25, -0.2) is 18.7 Å². The van der Waals surface area contributed by atoms with Crippen molar-refractivity contribution in [1.29, 1.82) is 0 Å². The minimum Gasteiger partial charge on any atom is -0.490 e. The van der Waals surface area contributed by atoms with Crippen molar-refractivity contribution < 1.29 is 23.8 Å². The minimum absolute atomic E-state index is 0.282. The Balaban J connectivity index is 1.83. The molecule has 1 atom stereocenters. The highest BCUT2D eigenvalue weighted by molar-refractivity contribution is 5.82. The van der Waals surface area contributed by atoms with Gasteiger partial charge in [-0.2, -0.15) is 0 Å². The molecule has 4 heterocycles. The summed E-state index contributed by atoms with van der Waals surface area (Å²) in [7, 11) is 0. The van der Waals surface area contributed by atoms with Crippen molar-refractivity contribution in [3.05, 3.63) is 40.3 Å². The third-order valence-electron chi connectivity index (χ3n) is 6.90. The molecular weight excluding hydrogens is 463 g/mol. The fourth-order valence-corrected chi connectivity index (χ4v) is 5.28. The van der Waals surface area contributed by atoms with Crippen molar-refractivity contribution in [2.45, 2.75) is 72.0 Å². The van der Waals surface area contributed by atoms with Gasteiger partial charge in [0.2, 0.25) is 0 Å². The van der Waals surface area contributed by atoms with Gasteiger partial charge in [0.25, 0.3) is 0 Å². The molecule has 0 spiro atoms. The molecule has 8 nitrogen and oxygen atoms in total. The summed E-state index contributed by atoms with van der Waals surface area (Å²) in [6, 6.07) is 3.35. The summed E-state index contributed by atoms with van der Waals surface area (Å²) < 4.78 is 28.8. The first-order valence-corrected chi connectivity index (χ1v) is 12.6. The number of ether oxygens (including phenoxy) is 2. The van der Waals surface area contributed by atoms with Crippen molar-refractivity contribution in [1.82, 2.24) is 14.6 Å². The number of aryl methyl sites for hydroxylation is 1. The van der Waals surface area contributed by atoms with E-state index in [4.69, 9.17) is 19.6 Å². The van der Waals surface area contributed by atoms with Crippen molar-refractivity contribution in [2.24, 2.45) is 0 Å². The van der Waals surface area contributed by atoms with Crippen LogP contribution in [-0.4, -0.2) is 51.0 Å². The predicted molar refractivity (Wildman–Crippen MR) is 134 cm³/mol. The number of aliphatic carboxylic acids is 1. The van der Waals surface area contributed by atoms with Crippen LogP contribution in [0.15, 0.2) is 12.1 Å². The summed E-state index contributed by atoms with van der Waals surface area (Å²) in [5, 5.41) is 15.1. The Kier molecular flexibility index (Phi) is 6.14. The van der Waals surface area contributed by atoms with Crippen molar-refractivity contribution in [3.63, 3.8) is 0 Å². The van der Waals surface area contributed by atoms with Gasteiger partial charge < -0.3 is 19.5 Å². The smallest absolute Gasteiger partial charge is 0.337 e. The van der Waals surface area contributed by atoms with Crippen LogP contribution in [0.3, 0.4) is 0 Å². The van der Waals surface area contributed by atoms with Gasteiger partial charge in [0, 0.05) is 41.5 Å². The number of carbonyl (C=O) groups is 1. The fraction of sp³-hybridized carbons (Fsp3) is 0.519. The zero-order valence-electron chi connectivity index (χ0n) is 21.5. The number of anilines is 1. The average molecular weight is 497 g/mol. The predicted octanol–water partition coefficient (Wildman–Crippen LogP) is 5.02. The maximum absolute atomic E-state index is 15.4. The average Bonchev–Trinajstić information content (AvgIpc) is 3.48. The number of hydrogen-bond donors (Lipinski definition) is 1. The number of hydrogen-bond acceptors (Lipinski definition) is 6. The fourth-order valence-electron chi connectivity index (χ4n) is 5.28. The molecule has 0 aliphatic carbocycles. The van der Waals surface area contributed by atoms with E-state index in [2.05, 4.69) is 4.90 Å².